The zero-order valence-electron chi connectivity index (χ0n) is 6.55. The predicted molar refractivity (Wildman–Crippen MR) is 43.7 cm³/mol. The van der Waals surface area contributed by atoms with Crippen LogP contribution in [0.4, 0.5) is 0 Å². The van der Waals surface area contributed by atoms with Gasteiger partial charge in [-0.25, -0.2) is 0 Å². The molecule has 57 valence electrons. The first-order valence-corrected chi connectivity index (χ1v) is 3.64. The molecule has 0 N–H and O–H groups in total. The third kappa shape index (κ3) is 7.44. The van der Waals surface area contributed by atoms with E-state index in [-0.39, 0.29) is 0 Å². The Bertz CT molecular complexity index is 94.9. The van der Waals surface area contributed by atoms with Crippen LogP contribution in [0.5, 0.6) is 0 Å². The van der Waals surface area contributed by atoms with Gasteiger partial charge in [-0.1, -0.05) is 24.8 Å². The maximum Gasteiger partial charge on any atom is 0.0647 e. The average Bonchev–Trinajstić information content (AvgIpc) is 1.97. The summed E-state index contributed by atoms with van der Waals surface area (Å²) in [5, 5.41) is 0. The van der Waals surface area contributed by atoms with Crippen LogP contribution in [-0.4, -0.2) is 13.2 Å². The standard InChI is InChI=1S/C9H15O/c1-3-5-7-9-10-8-6-4-2/h1,3-4,6H,5,7-9H2,2H3/b3-1?,6-4+. The zero-order chi connectivity index (χ0) is 7.66. The molecular formula is C9H15O. The summed E-state index contributed by atoms with van der Waals surface area (Å²) in [4.78, 5) is 0. The summed E-state index contributed by atoms with van der Waals surface area (Å²) in [6, 6.07) is 0. The molecule has 0 aromatic heterocycles. The SMILES string of the molecule is [CH]=CCCCOC/C=C/C. The molecule has 0 spiro atoms. The second-order valence-corrected chi connectivity index (χ2v) is 2.02. The number of unbranched alkanes of at least 4 members (excludes halogenated alkanes) is 1. The van der Waals surface area contributed by atoms with Crippen molar-refractivity contribution in [1.29, 1.82) is 0 Å². The molecule has 0 aromatic carbocycles. The second kappa shape index (κ2) is 8.44. The molecule has 0 amide bonds. The summed E-state index contributed by atoms with van der Waals surface area (Å²) < 4.78 is 5.21. The summed E-state index contributed by atoms with van der Waals surface area (Å²) in [5.74, 6) is 0. The molecule has 0 aliphatic heterocycles. The highest BCUT2D eigenvalue weighted by molar-refractivity contribution is 4.75. The summed E-state index contributed by atoms with van der Waals surface area (Å²) in [6.07, 6.45) is 7.60. The first-order valence-electron chi connectivity index (χ1n) is 3.64. The minimum absolute atomic E-state index is 0.723. The fourth-order valence-corrected chi connectivity index (χ4v) is 0.551. The molecule has 0 saturated carbocycles. The molecule has 1 heteroatoms. The monoisotopic (exact) mass is 139 g/mol. The van der Waals surface area contributed by atoms with Crippen LogP contribution in [0.25, 0.3) is 0 Å². The minimum atomic E-state index is 0.723. The molecule has 1 radical (unpaired) electrons. The smallest absolute Gasteiger partial charge is 0.0647 e. The van der Waals surface area contributed by atoms with Crippen molar-refractivity contribution in [2.75, 3.05) is 13.2 Å². The maximum absolute atomic E-state index is 5.21. The van der Waals surface area contributed by atoms with Crippen LogP contribution in [0.2, 0.25) is 0 Å². The third-order valence-corrected chi connectivity index (χ3v) is 1.11. The molecule has 0 aliphatic rings. The molecule has 0 heterocycles. The number of ether oxygens (including phenoxy) is 1. The Morgan fingerprint density at radius 3 is 2.90 bits per heavy atom. The van der Waals surface area contributed by atoms with Crippen LogP contribution in [0.15, 0.2) is 18.2 Å². The highest BCUT2D eigenvalue weighted by atomic mass is 16.5. The number of rotatable bonds is 6. The lowest BCUT2D eigenvalue weighted by Gasteiger charge is -1.96. The van der Waals surface area contributed by atoms with Crippen LogP contribution in [0.3, 0.4) is 0 Å². The van der Waals surface area contributed by atoms with Gasteiger partial charge in [-0.05, 0) is 19.8 Å². The number of hydrogen-bond donors (Lipinski definition) is 0. The lowest BCUT2D eigenvalue weighted by Crippen LogP contribution is -1.92. The molecule has 0 fully saturated rings. The largest absolute Gasteiger partial charge is 0.377 e. The van der Waals surface area contributed by atoms with Gasteiger partial charge >= 0.3 is 0 Å². The van der Waals surface area contributed by atoms with Crippen molar-refractivity contribution in [2.45, 2.75) is 19.8 Å². The summed E-state index contributed by atoms with van der Waals surface area (Å²) in [6.45, 7) is 8.68. The van der Waals surface area contributed by atoms with E-state index in [0.29, 0.717) is 0 Å². The molecule has 0 atom stereocenters. The molecule has 0 bridgehead atoms. The highest BCUT2D eigenvalue weighted by Gasteiger charge is 1.82. The lowest BCUT2D eigenvalue weighted by atomic mass is 10.3. The quantitative estimate of drug-likeness (QED) is 0.405. The van der Waals surface area contributed by atoms with Crippen molar-refractivity contribution in [1.82, 2.24) is 0 Å². The number of hydrogen-bond acceptors (Lipinski definition) is 1. The van der Waals surface area contributed by atoms with Crippen LogP contribution >= 0.6 is 0 Å². The number of allylic oxidation sites excluding steroid dienone is 2. The third-order valence-electron chi connectivity index (χ3n) is 1.11. The van der Waals surface area contributed by atoms with E-state index in [4.69, 9.17) is 11.3 Å². The van der Waals surface area contributed by atoms with E-state index in [0.717, 1.165) is 26.1 Å². The van der Waals surface area contributed by atoms with Crippen LogP contribution in [-0.2, 0) is 4.74 Å². The predicted octanol–water partition coefficient (Wildman–Crippen LogP) is 2.35. The topological polar surface area (TPSA) is 9.23 Å². The van der Waals surface area contributed by atoms with Gasteiger partial charge in [0.1, 0.15) is 0 Å². The van der Waals surface area contributed by atoms with Gasteiger partial charge in [0.15, 0.2) is 0 Å². The summed E-state index contributed by atoms with van der Waals surface area (Å²) >= 11 is 0. The van der Waals surface area contributed by atoms with E-state index in [9.17, 15) is 0 Å². The van der Waals surface area contributed by atoms with Crippen LogP contribution < -0.4 is 0 Å². The Hall–Kier alpha value is -0.560. The van der Waals surface area contributed by atoms with E-state index >= 15 is 0 Å². The molecule has 10 heavy (non-hydrogen) atoms. The van der Waals surface area contributed by atoms with Crippen molar-refractivity contribution >= 4 is 0 Å². The van der Waals surface area contributed by atoms with Gasteiger partial charge in [0.05, 0.1) is 6.61 Å². The Morgan fingerprint density at radius 2 is 2.30 bits per heavy atom. The first-order chi connectivity index (χ1) is 4.91. The highest BCUT2D eigenvalue weighted by Crippen LogP contribution is 1.89. The Kier molecular flexibility index (Phi) is 7.97. The molecule has 0 saturated heterocycles. The van der Waals surface area contributed by atoms with Gasteiger partial charge in [-0.15, -0.1) is 0 Å². The summed E-state index contributed by atoms with van der Waals surface area (Å²) in [5.41, 5.74) is 0. The normalized spacial score (nSPS) is 10.5. The van der Waals surface area contributed by atoms with Crippen molar-refractivity contribution in [3.05, 3.63) is 24.8 Å². The molecule has 0 aliphatic carbocycles. The van der Waals surface area contributed by atoms with Gasteiger partial charge in [0.2, 0.25) is 0 Å². The van der Waals surface area contributed by atoms with Gasteiger partial charge in [-0.2, -0.15) is 0 Å². The lowest BCUT2D eigenvalue weighted by molar-refractivity contribution is 0.160. The van der Waals surface area contributed by atoms with Crippen molar-refractivity contribution in [3.63, 3.8) is 0 Å². The van der Waals surface area contributed by atoms with Crippen LogP contribution in [0, 0.1) is 6.58 Å². The van der Waals surface area contributed by atoms with E-state index in [1.165, 1.54) is 0 Å². The Morgan fingerprint density at radius 1 is 1.50 bits per heavy atom. The summed E-state index contributed by atoms with van der Waals surface area (Å²) in [7, 11) is 0. The maximum atomic E-state index is 5.21. The van der Waals surface area contributed by atoms with E-state index in [1.807, 2.05) is 19.1 Å². The van der Waals surface area contributed by atoms with E-state index in [1.54, 1.807) is 6.08 Å². The van der Waals surface area contributed by atoms with Gasteiger partial charge in [0, 0.05) is 6.61 Å². The van der Waals surface area contributed by atoms with Gasteiger partial charge < -0.3 is 4.74 Å². The molecule has 0 aromatic rings. The molecular weight excluding hydrogens is 124 g/mol. The van der Waals surface area contributed by atoms with Gasteiger partial charge in [0.25, 0.3) is 0 Å². The van der Waals surface area contributed by atoms with Crippen LogP contribution in [0.1, 0.15) is 19.8 Å². The fourth-order valence-electron chi connectivity index (χ4n) is 0.551. The van der Waals surface area contributed by atoms with E-state index < -0.39 is 0 Å². The fraction of sp³-hybridized carbons (Fsp3) is 0.556. The minimum Gasteiger partial charge on any atom is -0.377 e. The van der Waals surface area contributed by atoms with Crippen molar-refractivity contribution in [3.8, 4) is 0 Å². The zero-order valence-corrected chi connectivity index (χ0v) is 6.55. The Labute approximate surface area is 63.4 Å². The van der Waals surface area contributed by atoms with E-state index in [2.05, 4.69) is 0 Å². The second-order valence-electron chi connectivity index (χ2n) is 2.02. The molecule has 0 rings (SSSR count). The van der Waals surface area contributed by atoms with Crippen molar-refractivity contribution in [2.24, 2.45) is 0 Å². The Balaban J connectivity index is 2.83. The van der Waals surface area contributed by atoms with Gasteiger partial charge in [-0.3, -0.25) is 0 Å². The first kappa shape index (κ1) is 9.44. The average molecular weight is 139 g/mol. The molecule has 0 unspecified atom stereocenters. The van der Waals surface area contributed by atoms with Crippen molar-refractivity contribution < 1.29 is 4.74 Å². The molecule has 1 nitrogen and oxygen atoms in total.